The third kappa shape index (κ3) is 3.95. The fraction of sp³-hybridized carbons (Fsp3) is 0.292. The standard InChI is InChI=1S/C24H23ClN4O2/c25-16-10-8-15(9-11-16)14-29-22-7-3-6-20(19(22)13-26-29)27-23(30)12-21-17-4-1-2-5-18(17)24(31)28-21/h1-2,4-5,8-11,13,20-21H,3,6-7,12,14H2,(H,27,30)(H,28,31)/t20-,21-/m0/s1. The molecule has 0 saturated heterocycles. The average molecular weight is 435 g/mol. The first-order valence-electron chi connectivity index (χ1n) is 10.6. The molecule has 5 rings (SSSR count). The van der Waals surface area contributed by atoms with Crippen molar-refractivity contribution in [3.8, 4) is 0 Å². The Balaban J connectivity index is 1.28. The number of benzene rings is 2. The highest BCUT2D eigenvalue weighted by Crippen LogP contribution is 2.31. The molecule has 1 aliphatic carbocycles. The van der Waals surface area contributed by atoms with Gasteiger partial charge in [0.1, 0.15) is 0 Å². The number of nitrogens with one attached hydrogen (secondary N) is 2. The number of rotatable bonds is 5. The largest absolute Gasteiger partial charge is 0.349 e. The van der Waals surface area contributed by atoms with Crippen molar-refractivity contribution in [2.45, 2.75) is 44.3 Å². The van der Waals surface area contributed by atoms with Gasteiger partial charge in [-0.2, -0.15) is 5.10 Å². The molecular weight excluding hydrogens is 412 g/mol. The Kier molecular flexibility index (Phi) is 5.24. The van der Waals surface area contributed by atoms with Crippen molar-refractivity contribution in [1.29, 1.82) is 0 Å². The number of nitrogens with zero attached hydrogens (tertiary/aromatic N) is 2. The average Bonchev–Trinajstić information content (AvgIpc) is 3.32. The van der Waals surface area contributed by atoms with E-state index >= 15 is 0 Å². The van der Waals surface area contributed by atoms with E-state index in [9.17, 15) is 9.59 Å². The van der Waals surface area contributed by atoms with Crippen molar-refractivity contribution >= 4 is 23.4 Å². The molecule has 31 heavy (non-hydrogen) atoms. The summed E-state index contributed by atoms with van der Waals surface area (Å²) in [7, 11) is 0. The van der Waals surface area contributed by atoms with Crippen molar-refractivity contribution in [1.82, 2.24) is 20.4 Å². The number of aromatic nitrogens is 2. The zero-order valence-corrected chi connectivity index (χ0v) is 17.7. The summed E-state index contributed by atoms with van der Waals surface area (Å²) in [6.45, 7) is 0.679. The van der Waals surface area contributed by atoms with Crippen molar-refractivity contribution in [3.63, 3.8) is 0 Å². The summed E-state index contributed by atoms with van der Waals surface area (Å²) in [5, 5.41) is 11.4. The first-order valence-corrected chi connectivity index (χ1v) is 10.9. The van der Waals surface area contributed by atoms with E-state index in [4.69, 9.17) is 11.6 Å². The third-order valence-electron chi connectivity index (χ3n) is 6.12. The summed E-state index contributed by atoms with van der Waals surface area (Å²) in [4.78, 5) is 24.9. The highest BCUT2D eigenvalue weighted by molar-refractivity contribution is 6.30. The topological polar surface area (TPSA) is 76.0 Å². The lowest BCUT2D eigenvalue weighted by Gasteiger charge is -2.25. The first-order chi connectivity index (χ1) is 15.1. The van der Waals surface area contributed by atoms with E-state index in [2.05, 4.69) is 15.7 Å². The maximum Gasteiger partial charge on any atom is 0.252 e. The van der Waals surface area contributed by atoms with Crippen molar-refractivity contribution in [2.24, 2.45) is 0 Å². The lowest BCUT2D eigenvalue weighted by atomic mass is 9.92. The van der Waals surface area contributed by atoms with Crippen LogP contribution in [0.1, 0.15) is 64.1 Å². The van der Waals surface area contributed by atoms with Crippen LogP contribution >= 0.6 is 11.6 Å². The smallest absolute Gasteiger partial charge is 0.252 e. The fourth-order valence-electron chi connectivity index (χ4n) is 4.59. The highest BCUT2D eigenvalue weighted by Gasteiger charge is 2.31. The molecule has 2 amide bonds. The zero-order chi connectivity index (χ0) is 21.4. The van der Waals surface area contributed by atoms with Gasteiger partial charge < -0.3 is 10.6 Å². The number of amides is 2. The van der Waals surface area contributed by atoms with E-state index < -0.39 is 0 Å². The Labute approximate surface area is 185 Å². The lowest BCUT2D eigenvalue weighted by molar-refractivity contribution is -0.122. The molecule has 2 heterocycles. The van der Waals surface area contributed by atoms with Gasteiger partial charge in [-0.1, -0.05) is 41.9 Å². The van der Waals surface area contributed by atoms with Crippen LogP contribution in [0.25, 0.3) is 0 Å². The van der Waals surface area contributed by atoms with Gasteiger partial charge in [0.15, 0.2) is 0 Å². The Morgan fingerprint density at radius 1 is 1.16 bits per heavy atom. The second-order valence-corrected chi connectivity index (χ2v) is 8.60. The van der Waals surface area contributed by atoms with Crippen LogP contribution in [-0.4, -0.2) is 21.6 Å². The third-order valence-corrected chi connectivity index (χ3v) is 6.37. The van der Waals surface area contributed by atoms with Crippen molar-refractivity contribution in [3.05, 3.63) is 87.7 Å². The number of carbonyl (C=O) groups excluding carboxylic acids is 2. The van der Waals surface area contributed by atoms with Gasteiger partial charge in [-0.15, -0.1) is 0 Å². The molecule has 3 aromatic rings. The van der Waals surface area contributed by atoms with E-state index in [1.165, 1.54) is 5.69 Å². The Bertz CT molecular complexity index is 1140. The molecule has 2 N–H and O–H groups in total. The van der Waals surface area contributed by atoms with E-state index in [-0.39, 0.29) is 30.3 Å². The van der Waals surface area contributed by atoms with Crippen molar-refractivity contribution < 1.29 is 9.59 Å². The van der Waals surface area contributed by atoms with Gasteiger partial charge in [0.05, 0.1) is 31.2 Å². The molecule has 1 aliphatic heterocycles. The summed E-state index contributed by atoms with van der Waals surface area (Å²) < 4.78 is 2.02. The summed E-state index contributed by atoms with van der Waals surface area (Å²) in [5.41, 5.74) is 4.94. The molecule has 2 aromatic carbocycles. The molecule has 0 saturated carbocycles. The minimum Gasteiger partial charge on any atom is -0.349 e. The predicted octanol–water partition coefficient (Wildman–Crippen LogP) is 3.95. The Morgan fingerprint density at radius 2 is 1.97 bits per heavy atom. The lowest BCUT2D eigenvalue weighted by Crippen LogP contribution is -2.33. The quantitative estimate of drug-likeness (QED) is 0.638. The van der Waals surface area contributed by atoms with Crippen LogP contribution in [0.4, 0.5) is 0 Å². The SMILES string of the molecule is O=C(C[C@@H]1NC(=O)c2ccccc21)N[C@H]1CCCc2c1cnn2Cc1ccc(Cl)cc1. The van der Waals surface area contributed by atoms with Gasteiger partial charge in [0.2, 0.25) is 5.91 Å². The number of hydrogen-bond donors (Lipinski definition) is 2. The van der Waals surface area contributed by atoms with Crippen LogP contribution in [0.3, 0.4) is 0 Å². The van der Waals surface area contributed by atoms with Crippen LogP contribution < -0.4 is 10.6 Å². The molecule has 0 spiro atoms. The van der Waals surface area contributed by atoms with E-state index in [0.717, 1.165) is 41.0 Å². The van der Waals surface area contributed by atoms with Gasteiger partial charge in [-0.05, 0) is 48.6 Å². The zero-order valence-electron chi connectivity index (χ0n) is 17.0. The van der Waals surface area contributed by atoms with Crippen LogP contribution in [0.2, 0.25) is 5.02 Å². The van der Waals surface area contributed by atoms with Gasteiger partial charge >= 0.3 is 0 Å². The second-order valence-electron chi connectivity index (χ2n) is 8.16. The molecule has 6 nitrogen and oxygen atoms in total. The van der Waals surface area contributed by atoms with Gasteiger partial charge in [0, 0.05) is 21.8 Å². The summed E-state index contributed by atoms with van der Waals surface area (Å²) in [5.74, 6) is -0.179. The summed E-state index contributed by atoms with van der Waals surface area (Å²) >= 11 is 5.99. The van der Waals surface area contributed by atoms with Gasteiger partial charge in [-0.25, -0.2) is 0 Å². The fourth-order valence-corrected chi connectivity index (χ4v) is 4.71. The first kappa shape index (κ1) is 19.8. The van der Waals surface area contributed by atoms with E-state index in [0.29, 0.717) is 12.1 Å². The van der Waals surface area contributed by atoms with Crippen LogP contribution in [0.5, 0.6) is 0 Å². The molecule has 0 unspecified atom stereocenters. The highest BCUT2D eigenvalue weighted by atomic mass is 35.5. The summed E-state index contributed by atoms with van der Waals surface area (Å²) in [6.07, 6.45) is 4.93. The van der Waals surface area contributed by atoms with Gasteiger partial charge in [-0.3, -0.25) is 14.3 Å². The second kappa shape index (κ2) is 8.19. The molecule has 7 heteroatoms. The number of carbonyl (C=O) groups is 2. The molecule has 2 aliphatic rings. The molecule has 1 aromatic heterocycles. The van der Waals surface area contributed by atoms with Crippen LogP contribution in [-0.2, 0) is 17.8 Å². The Hall–Kier alpha value is -3.12. The molecule has 2 atom stereocenters. The van der Waals surface area contributed by atoms with Crippen molar-refractivity contribution in [2.75, 3.05) is 0 Å². The minimum absolute atomic E-state index is 0.0532. The molecule has 0 bridgehead atoms. The maximum absolute atomic E-state index is 12.8. The van der Waals surface area contributed by atoms with Crippen LogP contribution in [0, 0.1) is 0 Å². The number of fused-ring (bicyclic) bond motifs is 2. The van der Waals surface area contributed by atoms with Gasteiger partial charge in [0.25, 0.3) is 5.91 Å². The summed E-state index contributed by atoms with van der Waals surface area (Å²) in [6, 6.07) is 14.9. The normalized spacial score (nSPS) is 19.5. The van der Waals surface area contributed by atoms with E-state index in [1.54, 1.807) is 6.07 Å². The monoisotopic (exact) mass is 434 g/mol. The molecule has 0 fully saturated rings. The molecular formula is C24H23ClN4O2. The molecule has 158 valence electrons. The minimum atomic E-state index is -0.278. The predicted molar refractivity (Wildman–Crippen MR) is 118 cm³/mol. The number of halogens is 1. The molecule has 0 radical (unpaired) electrons. The van der Waals surface area contributed by atoms with E-state index in [1.807, 2.05) is 53.3 Å². The maximum atomic E-state index is 12.8. The number of hydrogen-bond acceptors (Lipinski definition) is 3. The Morgan fingerprint density at radius 3 is 2.81 bits per heavy atom. The van der Waals surface area contributed by atoms with Crippen LogP contribution in [0.15, 0.2) is 54.7 Å².